The number of aryl methyl sites for hydroxylation is 1. The maximum absolute atomic E-state index is 11.7. The Hall–Kier alpha value is -1.69. The number of likely N-dealkylation sites (N-methyl/N-ethyl adjacent to an activating group) is 1. The van der Waals surface area contributed by atoms with Gasteiger partial charge in [-0.3, -0.25) is 24.5 Å². The number of hydrogen-bond acceptors (Lipinski definition) is 4. The molecule has 2 unspecified atom stereocenters. The highest BCUT2D eigenvalue weighted by Crippen LogP contribution is 2.16. The molecule has 0 radical (unpaired) electrons. The summed E-state index contributed by atoms with van der Waals surface area (Å²) in [5, 5.41) is 7.24. The molecule has 6 nitrogen and oxygen atoms in total. The molecular formula is C11H16N4O2. The van der Waals surface area contributed by atoms with Crippen LogP contribution in [0.1, 0.15) is 25.1 Å². The molecule has 1 aliphatic rings. The average molecular weight is 236 g/mol. The van der Waals surface area contributed by atoms with E-state index in [4.69, 9.17) is 0 Å². The van der Waals surface area contributed by atoms with Crippen LogP contribution in [0.25, 0.3) is 0 Å². The first-order valence-electron chi connectivity index (χ1n) is 5.55. The van der Waals surface area contributed by atoms with Gasteiger partial charge in [0.05, 0.1) is 18.2 Å². The zero-order valence-corrected chi connectivity index (χ0v) is 10.2. The number of amides is 2. The number of imide groups is 1. The number of aromatic nitrogens is 2. The van der Waals surface area contributed by atoms with Crippen molar-refractivity contribution in [2.45, 2.75) is 25.4 Å². The fourth-order valence-electron chi connectivity index (χ4n) is 2.08. The van der Waals surface area contributed by atoms with E-state index in [1.807, 2.05) is 20.0 Å². The number of carbonyl (C=O) groups is 2. The van der Waals surface area contributed by atoms with Crippen LogP contribution < -0.4 is 5.32 Å². The lowest BCUT2D eigenvalue weighted by molar-refractivity contribution is -0.137. The second kappa shape index (κ2) is 4.29. The van der Waals surface area contributed by atoms with Crippen molar-refractivity contribution in [2.75, 3.05) is 7.05 Å². The number of nitrogens with zero attached hydrogens (tertiary/aromatic N) is 3. The first-order valence-corrected chi connectivity index (χ1v) is 5.55. The Labute approximate surface area is 99.6 Å². The van der Waals surface area contributed by atoms with Gasteiger partial charge >= 0.3 is 0 Å². The maximum Gasteiger partial charge on any atom is 0.246 e. The predicted molar refractivity (Wildman–Crippen MR) is 60.9 cm³/mol. The number of carbonyl (C=O) groups excluding carboxylic acids is 2. The minimum atomic E-state index is -0.419. The van der Waals surface area contributed by atoms with Crippen LogP contribution in [0, 0.1) is 0 Å². The summed E-state index contributed by atoms with van der Waals surface area (Å²) in [5.41, 5.74) is 0.986. The first kappa shape index (κ1) is 11.8. The quantitative estimate of drug-likeness (QED) is 0.740. The summed E-state index contributed by atoms with van der Waals surface area (Å²) in [7, 11) is 3.36. The van der Waals surface area contributed by atoms with Gasteiger partial charge in [-0.1, -0.05) is 0 Å². The van der Waals surface area contributed by atoms with E-state index in [0.717, 1.165) is 5.69 Å². The summed E-state index contributed by atoms with van der Waals surface area (Å²) in [5.74, 6) is -0.297. The lowest BCUT2D eigenvalue weighted by Crippen LogP contribution is -2.38. The molecule has 2 amide bonds. The van der Waals surface area contributed by atoms with Gasteiger partial charge in [0.25, 0.3) is 0 Å². The van der Waals surface area contributed by atoms with Gasteiger partial charge in [0.15, 0.2) is 0 Å². The summed E-state index contributed by atoms with van der Waals surface area (Å²) in [6.07, 6.45) is 1.94. The molecule has 0 saturated carbocycles. The van der Waals surface area contributed by atoms with Gasteiger partial charge in [0.2, 0.25) is 11.8 Å². The summed E-state index contributed by atoms with van der Waals surface area (Å²) in [6.45, 7) is 1.95. The highest BCUT2D eigenvalue weighted by atomic mass is 16.2. The van der Waals surface area contributed by atoms with E-state index < -0.39 is 6.04 Å². The molecule has 1 saturated heterocycles. The number of nitrogens with one attached hydrogen (secondary N) is 1. The minimum Gasteiger partial charge on any atom is -0.297 e. The molecule has 1 aromatic heterocycles. The molecule has 0 bridgehead atoms. The summed E-state index contributed by atoms with van der Waals surface area (Å²) in [4.78, 5) is 24.3. The third-order valence-corrected chi connectivity index (χ3v) is 3.14. The van der Waals surface area contributed by atoms with Crippen LogP contribution in [0.4, 0.5) is 0 Å². The van der Waals surface area contributed by atoms with Gasteiger partial charge in [0.1, 0.15) is 0 Å². The van der Waals surface area contributed by atoms with Crippen LogP contribution in [0.2, 0.25) is 0 Å². The second-order valence-electron chi connectivity index (χ2n) is 4.32. The van der Waals surface area contributed by atoms with Crippen LogP contribution in [0.15, 0.2) is 12.3 Å². The summed E-state index contributed by atoms with van der Waals surface area (Å²) >= 11 is 0. The van der Waals surface area contributed by atoms with E-state index in [-0.39, 0.29) is 24.3 Å². The summed E-state index contributed by atoms with van der Waals surface area (Å²) in [6, 6.07) is 1.45. The third kappa shape index (κ3) is 2.08. The largest absolute Gasteiger partial charge is 0.297 e. The normalized spacial score (nSPS) is 22.3. The van der Waals surface area contributed by atoms with Crippen molar-refractivity contribution in [3.05, 3.63) is 18.0 Å². The Balaban J connectivity index is 2.05. The smallest absolute Gasteiger partial charge is 0.246 e. The molecule has 0 aromatic carbocycles. The number of hydrogen-bond donors (Lipinski definition) is 1. The number of rotatable bonds is 3. The van der Waals surface area contributed by atoms with Crippen LogP contribution >= 0.6 is 0 Å². The van der Waals surface area contributed by atoms with Crippen molar-refractivity contribution in [1.82, 2.24) is 20.0 Å². The van der Waals surface area contributed by atoms with Crippen molar-refractivity contribution in [2.24, 2.45) is 7.05 Å². The van der Waals surface area contributed by atoms with E-state index in [2.05, 4.69) is 10.4 Å². The molecule has 6 heteroatoms. The van der Waals surface area contributed by atoms with Gasteiger partial charge in [-0.2, -0.15) is 5.10 Å². The highest BCUT2D eigenvalue weighted by Gasteiger charge is 2.36. The molecule has 1 N–H and O–H groups in total. The summed E-state index contributed by atoms with van der Waals surface area (Å²) < 4.78 is 1.75. The van der Waals surface area contributed by atoms with Gasteiger partial charge in [-0.25, -0.2) is 0 Å². The third-order valence-electron chi connectivity index (χ3n) is 3.14. The molecular weight excluding hydrogens is 220 g/mol. The van der Waals surface area contributed by atoms with Crippen molar-refractivity contribution in [3.8, 4) is 0 Å². The molecule has 0 spiro atoms. The Morgan fingerprint density at radius 2 is 2.18 bits per heavy atom. The Morgan fingerprint density at radius 3 is 2.65 bits per heavy atom. The molecule has 2 heterocycles. The van der Waals surface area contributed by atoms with Gasteiger partial charge in [0, 0.05) is 26.3 Å². The van der Waals surface area contributed by atoms with Crippen molar-refractivity contribution in [1.29, 1.82) is 0 Å². The molecule has 92 valence electrons. The zero-order valence-electron chi connectivity index (χ0n) is 10.2. The fourth-order valence-corrected chi connectivity index (χ4v) is 2.08. The lowest BCUT2D eigenvalue weighted by Gasteiger charge is -2.18. The monoisotopic (exact) mass is 236 g/mol. The van der Waals surface area contributed by atoms with Crippen molar-refractivity contribution < 1.29 is 9.59 Å². The van der Waals surface area contributed by atoms with Crippen LogP contribution in [0.5, 0.6) is 0 Å². The maximum atomic E-state index is 11.7. The highest BCUT2D eigenvalue weighted by molar-refractivity contribution is 6.05. The van der Waals surface area contributed by atoms with Crippen LogP contribution in [0.3, 0.4) is 0 Å². The Kier molecular flexibility index (Phi) is 2.97. The van der Waals surface area contributed by atoms with Crippen molar-refractivity contribution >= 4 is 11.8 Å². The van der Waals surface area contributed by atoms with E-state index in [9.17, 15) is 9.59 Å². The molecule has 1 aromatic rings. The molecule has 1 fully saturated rings. The zero-order chi connectivity index (χ0) is 12.6. The standard InChI is InChI=1S/C11H16N4O2/c1-7(9-4-5-12-15(9)3)13-8-6-10(16)14(2)11(8)17/h4-5,7-8,13H,6H2,1-3H3. The molecule has 0 aliphatic carbocycles. The number of likely N-dealkylation sites (tertiary alicyclic amines) is 1. The minimum absolute atomic E-state index is 0.0178. The molecule has 2 rings (SSSR count). The molecule has 1 aliphatic heterocycles. The topological polar surface area (TPSA) is 67.2 Å². The second-order valence-corrected chi connectivity index (χ2v) is 4.32. The Morgan fingerprint density at radius 1 is 1.47 bits per heavy atom. The molecule has 17 heavy (non-hydrogen) atoms. The Bertz CT molecular complexity index is 454. The first-order chi connectivity index (χ1) is 8.00. The SMILES string of the molecule is CC(NC1CC(=O)N(C)C1=O)c1ccnn1C. The van der Waals surface area contributed by atoms with E-state index in [1.165, 1.54) is 11.9 Å². The van der Waals surface area contributed by atoms with E-state index in [0.29, 0.717) is 0 Å². The van der Waals surface area contributed by atoms with Gasteiger partial charge in [-0.05, 0) is 13.0 Å². The lowest BCUT2D eigenvalue weighted by atomic mass is 10.1. The fraction of sp³-hybridized carbons (Fsp3) is 0.545. The average Bonchev–Trinajstić information content (AvgIpc) is 2.80. The van der Waals surface area contributed by atoms with Gasteiger partial charge in [-0.15, -0.1) is 0 Å². The van der Waals surface area contributed by atoms with E-state index >= 15 is 0 Å². The van der Waals surface area contributed by atoms with Gasteiger partial charge < -0.3 is 0 Å². The van der Waals surface area contributed by atoms with E-state index in [1.54, 1.807) is 10.9 Å². The van der Waals surface area contributed by atoms with Crippen molar-refractivity contribution in [3.63, 3.8) is 0 Å². The van der Waals surface area contributed by atoms with Crippen LogP contribution in [-0.4, -0.2) is 39.6 Å². The molecule has 2 atom stereocenters. The predicted octanol–water partition coefficient (Wildman–Crippen LogP) is -0.172. The van der Waals surface area contributed by atoms with Crippen LogP contribution in [-0.2, 0) is 16.6 Å².